The summed E-state index contributed by atoms with van der Waals surface area (Å²) in [7, 11) is 1.56. The summed E-state index contributed by atoms with van der Waals surface area (Å²) in [5, 5.41) is 3.75. The highest BCUT2D eigenvalue weighted by Gasteiger charge is 2.19. The van der Waals surface area contributed by atoms with Crippen LogP contribution in [0.1, 0.15) is 0 Å². The Bertz CT molecular complexity index is 1330. The van der Waals surface area contributed by atoms with E-state index in [4.69, 9.17) is 37.1 Å². The van der Waals surface area contributed by atoms with Crippen molar-refractivity contribution in [2.45, 2.75) is 0 Å². The molecule has 4 aromatic rings. The molecular weight excluding hydrogens is 453 g/mol. The van der Waals surface area contributed by atoms with Crippen molar-refractivity contribution in [3.05, 3.63) is 87.0 Å². The molecule has 0 saturated heterocycles. The maximum Gasteiger partial charge on any atom is 0.262 e. The monoisotopic (exact) mass is 469 g/mol. The summed E-state index contributed by atoms with van der Waals surface area (Å²) in [6.07, 6.45) is 0. The van der Waals surface area contributed by atoms with Crippen molar-refractivity contribution in [1.82, 2.24) is 0 Å². The molecule has 0 saturated carbocycles. The van der Waals surface area contributed by atoms with Gasteiger partial charge in [-0.15, -0.1) is 0 Å². The quantitative estimate of drug-likeness (QED) is 0.386. The number of ether oxygens (including phenoxy) is 2. The molecule has 0 fully saturated rings. The molecule has 1 aromatic heterocycles. The SMILES string of the molecule is COc1ccc(-c2oc3ccccc3c(=O)c2OCC(=O)Nc2cc(Cl)cc(Cl)c2)cc1. The number of hydrogen-bond acceptors (Lipinski definition) is 5. The van der Waals surface area contributed by atoms with E-state index in [1.165, 1.54) is 0 Å². The largest absolute Gasteiger partial charge is 0.497 e. The first-order valence-electron chi connectivity index (χ1n) is 9.53. The maximum absolute atomic E-state index is 13.1. The van der Waals surface area contributed by atoms with E-state index >= 15 is 0 Å². The molecule has 3 aromatic carbocycles. The maximum atomic E-state index is 13.1. The lowest BCUT2D eigenvalue weighted by molar-refractivity contribution is -0.118. The molecule has 0 bridgehead atoms. The second-order valence-corrected chi connectivity index (χ2v) is 7.68. The van der Waals surface area contributed by atoms with Gasteiger partial charge in [-0.25, -0.2) is 0 Å². The topological polar surface area (TPSA) is 77.8 Å². The number of hydrogen-bond donors (Lipinski definition) is 1. The highest BCUT2D eigenvalue weighted by molar-refractivity contribution is 6.35. The van der Waals surface area contributed by atoms with Crippen molar-refractivity contribution in [3.63, 3.8) is 0 Å². The van der Waals surface area contributed by atoms with Gasteiger partial charge in [0.15, 0.2) is 12.4 Å². The minimum Gasteiger partial charge on any atom is -0.497 e. The van der Waals surface area contributed by atoms with Crippen LogP contribution >= 0.6 is 23.2 Å². The number of halogens is 2. The van der Waals surface area contributed by atoms with Crippen LogP contribution in [0.3, 0.4) is 0 Å². The van der Waals surface area contributed by atoms with Gasteiger partial charge in [-0.05, 0) is 54.6 Å². The van der Waals surface area contributed by atoms with Gasteiger partial charge in [-0.2, -0.15) is 0 Å². The van der Waals surface area contributed by atoms with E-state index in [0.29, 0.717) is 38.0 Å². The zero-order chi connectivity index (χ0) is 22.7. The van der Waals surface area contributed by atoms with Gasteiger partial charge in [0.1, 0.15) is 11.3 Å². The van der Waals surface area contributed by atoms with Crippen molar-refractivity contribution < 1.29 is 18.7 Å². The highest BCUT2D eigenvalue weighted by Crippen LogP contribution is 2.32. The number of carbonyl (C=O) groups excluding carboxylic acids is 1. The van der Waals surface area contributed by atoms with E-state index in [0.717, 1.165) is 0 Å². The molecule has 1 heterocycles. The van der Waals surface area contributed by atoms with Gasteiger partial charge in [0.05, 0.1) is 12.5 Å². The third-order valence-electron chi connectivity index (χ3n) is 4.60. The molecule has 0 aliphatic rings. The molecule has 0 aliphatic heterocycles. The fourth-order valence-corrected chi connectivity index (χ4v) is 3.68. The predicted octanol–water partition coefficient (Wildman–Crippen LogP) is 5.79. The minimum atomic E-state index is -0.489. The van der Waals surface area contributed by atoms with Crippen molar-refractivity contribution in [2.75, 3.05) is 19.0 Å². The van der Waals surface area contributed by atoms with Gasteiger partial charge in [0, 0.05) is 21.3 Å². The first-order chi connectivity index (χ1) is 15.4. The van der Waals surface area contributed by atoms with E-state index in [2.05, 4.69) is 5.32 Å². The van der Waals surface area contributed by atoms with Crippen molar-refractivity contribution in [1.29, 1.82) is 0 Å². The molecule has 0 atom stereocenters. The molecule has 6 nitrogen and oxygen atoms in total. The van der Waals surface area contributed by atoms with Crippen LogP contribution in [-0.2, 0) is 4.79 Å². The number of methoxy groups -OCH3 is 1. The van der Waals surface area contributed by atoms with E-state index in [9.17, 15) is 9.59 Å². The molecule has 1 N–H and O–H groups in total. The Balaban J connectivity index is 1.66. The minimum absolute atomic E-state index is 0.0619. The molecule has 0 aliphatic carbocycles. The van der Waals surface area contributed by atoms with Crippen LogP contribution < -0.4 is 20.2 Å². The Morgan fingerprint density at radius 3 is 2.38 bits per heavy atom. The Morgan fingerprint density at radius 2 is 1.69 bits per heavy atom. The standard InChI is InChI=1S/C24H17Cl2NO5/c1-30-18-8-6-14(7-9-18)23-24(22(29)19-4-2-3-5-20(19)32-23)31-13-21(28)27-17-11-15(25)10-16(26)12-17/h2-12H,13H2,1H3,(H,27,28). The number of amides is 1. The normalized spacial score (nSPS) is 10.7. The third kappa shape index (κ3) is 4.72. The molecule has 32 heavy (non-hydrogen) atoms. The molecule has 162 valence electrons. The molecule has 0 unspecified atom stereocenters. The number of para-hydroxylation sites is 1. The lowest BCUT2D eigenvalue weighted by Gasteiger charge is -2.12. The van der Waals surface area contributed by atoms with E-state index in [1.54, 1.807) is 73.8 Å². The van der Waals surface area contributed by atoms with E-state index in [-0.39, 0.29) is 16.9 Å². The average Bonchev–Trinajstić information content (AvgIpc) is 2.78. The number of carbonyl (C=O) groups is 1. The van der Waals surface area contributed by atoms with Crippen LogP contribution in [0.5, 0.6) is 11.5 Å². The van der Waals surface area contributed by atoms with Crippen molar-refractivity contribution in [3.8, 4) is 22.8 Å². The van der Waals surface area contributed by atoms with Crippen LogP contribution in [-0.4, -0.2) is 19.6 Å². The van der Waals surface area contributed by atoms with Crippen LogP contribution in [0.15, 0.2) is 75.9 Å². The summed E-state index contributed by atoms with van der Waals surface area (Å²) in [6.45, 7) is -0.420. The van der Waals surface area contributed by atoms with Crippen LogP contribution in [0.25, 0.3) is 22.3 Å². The number of anilines is 1. The fourth-order valence-electron chi connectivity index (χ4n) is 3.15. The van der Waals surface area contributed by atoms with Gasteiger partial charge >= 0.3 is 0 Å². The summed E-state index contributed by atoms with van der Waals surface area (Å²) in [5.41, 5.74) is 1.05. The van der Waals surface area contributed by atoms with E-state index in [1.807, 2.05) is 0 Å². The zero-order valence-corrected chi connectivity index (χ0v) is 18.4. The van der Waals surface area contributed by atoms with Gasteiger partial charge in [0.2, 0.25) is 11.2 Å². The molecular formula is C24H17Cl2NO5. The molecule has 8 heteroatoms. The Labute approximate surface area is 193 Å². The molecule has 0 radical (unpaired) electrons. The summed E-state index contributed by atoms with van der Waals surface area (Å²) < 4.78 is 16.8. The number of nitrogens with one attached hydrogen (secondary N) is 1. The first kappa shape index (κ1) is 21.7. The van der Waals surface area contributed by atoms with Gasteiger partial charge in [0.25, 0.3) is 5.91 Å². The fraction of sp³-hybridized carbons (Fsp3) is 0.0833. The summed E-state index contributed by atoms with van der Waals surface area (Å²) in [5.74, 6) is 0.318. The summed E-state index contributed by atoms with van der Waals surface area (Å²) in [4.78, 5) is 25.6. The first-order valence-corrected chi connectivity index (χ1v) is 10.3. The smallest absolute Gasteiger partial charge is 0.262 e. The summed E-state index contributed by atoms with van der Waals surface area (Å²) >= 11 is 11.9. The summed E-state index contributed by atoms with van der Waals surface area (Å²) in [6, 6.07) is 18.5. The lowest BCUT2D eigenvalue weighted by atomic mass is 10.1. The van der Waals surface area contributed by atoms with Gasteiger partial charge in [-0.1, -0.05) is 35.3 Å². The third-order valence-corrected chi connectivity index (χ3v) is 5.04. The predicted molar refractivity (Wildman–Crippen MR) is 125 cm³/mol. The zero-order valence-electron chi connectivity index (χ0n) is 16.9. The van der Waals surface area contributed by atoms with Gasteiger partial charge < -0.3 is 19.2 Å². The lowest BCUT2D eigenvalue weighted by Crippen LogP contribution is -2.22. The number of rotatable bonds is 6. The Kier molecular flexibility index (Phi) is 6.35. The Morgan fingerprint density at radius 1 is 1.00 bits per heavy atom. The van der Waals surface area contributed by atoms with Crippen LogP contribution in [0.2, 0.25) is 10.0 Å². The van der Waals surface area contributed by atoms with Crippen LogP contribution in [0, 0.1) is 0 Å². The van der Waals surface area contributed by atoms with E-state index < -0.39 is 12.5 Å². The number of benzene rings is 3. The highest BCUT2D eigenvalue weighted by atomic mass is 35.5. The van der Waals surface area contributed by atoms with Gasteiger partial charge in [-0.3, -0.25) is 9.59 Å². The number of fused-ring (bicyclic) bond motifs is 1. The average molecular weight is 470 g/mol. The van der Waals surface area contributed by atoms with Crippen LogP contribution in [0.4, 0.5) is 5.69 Å². The second kappa shape index (κ2) is 9.34. The second-order valence-electron chi connectivity index (χ2n) is 6.81. The van der Waals surface area contributed by atoms with Crippen molar-refractivity contribution in [2.24, 2.45) is 0 Å². The van der Waals surface area contributed by atoms with Crippen molar-refractivity contribution >= 4 is 45.8 Å². The molecule has 1 amide bonds. The molecule has 0 spiro atoms. The molecule has 4 rings (SSSR count). The Hall–Kier alpha value is -3.48.